The highest BCUT2D eigenvalue weighted by Gasteiger charge is 2.68. The molecule has 9 atom stereocenters. The number of carbonyl (C=O) groups excluding carboxylic acids is 2. The Labute approximate surface area is 229 Å². The number of rotatable bonds is 1. The SMILES string of the molecule is CC.COC(=O)C12CCC3C(/C(=N/O)CC4C5(C)C=C(C#N)C(=O)C(C)C5CCC34C)C1CC(C)(C)CC2. The Balaban J connectivity index is 0.00000164. The molecule has 210 valence electrons. The summed E-state index contributed by atoms with van der Waals surface area (Å²) in [7, 11) is 1.51. The third-order valence-corrected chi connectivity index (χ3v) is 12.1. The molecule has 0 saturated heterocycles. The summed E-state index contributed by atoms with van der Waals surface area (Å²) in [5, 5.41) is 24.2. The lowest BCUT2D eigenvalue weighted by Gasteiger charge is -2.67. The van der Waals surface area contributed by atoms with Gasteiger partial charge in [0.15, 0.2) is 5.78 Å². The van der Waals surface area contributed by atoms with Crippen LogP contribution in [-0.2, 0) is 14.3 Å². The van der Waals surface area contributed by atoms with Gasteiger partial charge < -0.3 is 9.94 Å². The second-order valence-corrected chi connectivity index (χ2v) is 14.0. The van der Waals surface area contributed by atoms with Crippen LogP contribution in [0.3, 0.4) is 0 Å². The first-order valence-corrected chi connectivity index (χ1v) is 14.8. The fourth-order valence-electron chi connectivity index (χ4n) is 10.2. The van der Waals surface area contributed by atoms with Gasteiger partial charge in [-0.2, -0.15) is 5.26 Å². The van der Waals surface area contributed by atoms with E-state index in [9.17, 15) is 20.1 Å². The van der Waals surface area contributed by atoms with Gasteiger partial charge in [0.25, 0.3) is 0 Å². The molecule has 6 nitrogen and oxygen atoms in total. The van der Waals surface area contributed by atoms with Crippen molar-refractivity contribution >= 4 is 17.5 Å². The lowest BCUT2D eigenvalue weighted by atomic mass is 9.36. The van der Waals surface area contributed by atoms with Crippen LogP contribution in [-0.4, -0.2) is 29.8 Å². The van der Waals surface area contributed by atoms with Crippen LogP contribution in [0.15, 0.2) is 16.8 Å². The van der Waals surface area contributed by atoms with E-state index in [1.807, 2.05) is 26.8 Å². The highest BCUT2D eigenvalue weighted by atomic mass is 16.5. The molecule has 9 unspecified atom stereocenters. The molecule has 6 heteroatoms. The standard InChI is InChI=1S/C30H42N2O4.C2H6/c1-17-19-7-9-28(4)20-8-10-30(26(34)36-6)12-11-27(2,3)15-21(30)24(20)22(32-35)13-23(28)29(19,5)14-18(16-31)25(17)33;1-2/h14,17,19-21,23-24,35H,7-13,15H2,1-6H3;1-2H3/b32-22+;. The Kier molecular flexibility index (Phi) is 7.43. The Hall–Kier alpha value is -2.16. The van der Waals surface area contributed by atoms with Crippen molar-refractivity contribution < 1.29 is 19.5 Å². The van der Waals surface area contributed by atoms with Crippen LogP contribution in [0.1, 0.15) is 99.8 Å². The smallest absolute Gasteiger partial charge is 0.312 e. The predicted octanol–water partition coefficient (Wildman–Crippen LogP) is 6.97. The van der Waals surface area contributed by atoms with E-state index < -0.39 is 5.41 Å². The fraction of sp³-hybridized carbons (Fsp3) is 0.812. The summed E-state index contributed by atoms with van der Waals surface area (Å²) in [4.78, 5) is 26.2. The van der Waals surface area contributed by atoms with Gasteiger partial charge in [0.05, 0.1) is 23.8 Å². The Morgan fingerprint density at radius 3 is 2.34 bits per heavy atom. The van der Waals surface area contributed by atoms with Crippen molar-refractivity contribution in [2.75, 3.05) is 7.11 Å². The molecule has 5 rings (SSSR count). The third-order valence-electron chi connectivity index (χ3n) is 12.1. The summed E-state index contributed by atoms with van der Waals surface area (Å²) in [5.74, 6) is 0.498. The number of nitriles is 1. The average Bonchev–Trinajstić information content (AvgIpc) is 2.90. The number of ether oxygens (including phenoxy) is 1. The molecule has 1 N–H and O–H groups in total. The molecule has 0 bridgehead atoms. The quantitative estimate of drug-likeness (QED) is 0.227. The monoisotopic (exact) mass is 524 g/mol. The van der Waals surface area contributed by atoms with Gasteiger partial charge in [0, 0.05) is 11.8 Å². The van der Waals surface area contributed by atoms with Gasteiger partial charge in [0.2, 0.25) is 0 Å². The van der Waals surface area contributed by atoms with Gasteiger partial charge in [-0.15, -0.1) is 0 Å². The molecule has 0 aromatic rings. The zero-order chi connectivity index (χ0) is 28.3. The number of carbonyl (C=O) groups is 2. The second kappa shape index (κ2) is 9.79. The number of oxime groups is 1. The first-order valence-electron chi connectivity index (χ1n) is 14.8. The maximum Gasteiger partial charge on any atom is 0.312 e. The number of fused-ring (bicyclic) bond motifs is 7. The van der Waals surface area contributed by atoms with Crippen molar-refractivity contribution in [1.29, 1.82) is 5.26 Å². The summed E-state index contributed by atoms with van der Waals surface area (Å²) in [6.45, 7) is 15.2. The van der Waals surface area contributed by atoms with Crippen molar-refractivity contribution in [1.82, 2.24) is 0 Å². The van der Waals surface area contributed by atoms with Crippen molar-refractivity contribution in [3.05, 3.63) is 11.6 Å². The van der Waals surface area contributed by atoms with E-state index in [2.05, 4.69) is 38.9 Å². The van der Waals surface area contributed by atoms with Crippen molar-refractivity contribution in [2.24, 2.45) is 62.3 Å². The lowest BCUT2D eigenvalue weighted by molar-refractivity contribution is -0.181. The summed E-state index contributed by atoms with van der Waals surface area (Å²) in [5.41, 5.74) is 0.384. The molecule has 0 aromatic heterocycles. The molecule has 0 radical (unpaired) electrons. The number of hydrogen-bond donors (Lipinski definition) is 1. The Morgan fingerprint density at radius 1 is 1.08 bits per heavy atom. The number of methoxy groups -OCH3 is 1. The minimum atomic E-state index is -0.509. The molecular formula is C32H48N2O4. The summed E-state index contributed by atoms with van der Waals surface area (Å²) < 4.78 is 5.42. The van der Waals surface area contributed by atoms with Gasteiger partial charge >= 0.3 is 5.97 Å². The van der Waals surface area contributed by atoms with Gasteiger partial charge in [-0.05, 0) is 91.3 Å². The number of ketones is 1. The molecule has 0 aliphatic heterocycles. The van der Waals surface area contributed by atoms with Crippen molar-refractivity contribution in [3.63, 3.8) is 0 Å². The van der Waals surface area contributed by atoms with E-state index in [1.54, 1.807) is 0 Å². The highest BCUT2D eigenvalue weighted by molar-refractivity contribution is 6.02. The van der Waals surface area contributed by atoms with Gasteiger partial charge in [0.1, 0.15) is 6.07 Å². The van der Waals surface area contributed by atoms with E-state index in [4.69, 9.17) is 4.74 Å². The largest absolute Gasteiger partial charge is 0.469 e. The van der Waals surface area contributed by atoms with Crippen molar-refractivity contribution in [2.45, 2.75) is 99.8 Å². The van der Waals surface area contributed by atoms with E-state index in [0.717, 1.165) is 50.7 Å². The number of hydrogen-bond acceptors (Lipinski definition) is 6. The zero-order valence-electron chi connectivity index (χ0n) is 24.8. The van der Waals surface area contributed by atoms with Gasteiger partial charge in [-0.3, -0.25) is 9.59 Å². The van der Waals surface area contributed by atoms with Crippen LogP contribution in [0.5, 0.6) is 0 Å². The molecule has 0 aromatic carbocycles. The molecule has 0 spiro atoms. The van der Waals surface area contributed by atoms with Crippen LogP contribution in [0, 0.1) is 68.5 Å². The van der Waals surface area contributed by atoms with Gasteiger partial charge in [-0.25, -0.2) is 0 Å². The summed E-state index contributed by atoms with van der Waals surface area (Å²) in [6, 6.07) is 2.18. The molecule has 5 aliphatic carbocycles. The third kappa shape index (κ3) is 3.89. The van der Waals surface area contributed by atoms with Crippen LogP contribution in [0.25, 0.3) is 0 Å². The zero-order valence-corrected chi connectivity index (χ0v) is 24.8. The van der Waals surface area contributed by atoms with E-state index in [0.29, 0.717) is 12.3 Å². The number of esters is 1. The predicted molar refractivity (Wildman–Crippen MR) is 147 cm³/mol. The first-order chi connectivity index (χ1) is 17.9. The number of nitrogens with zero attached hydrogens (tertiary/aromatic N) is 2. The normalized spacial score (nSPS) is 46.0. The maximum absolute atomic E-state index is 13.3. The van der Waals surface area contributed by atoms with Crippen molar-refractivity contribution in [3.8, 4) is 6.07 Å². The molecule has 38 heavy (non-hydrogen) atoms. The van der Waals surface area contributed by atoms with Crippen LogP contribution in [0.4, 0.5) is 0 Å². The molecule has 4 saturated carbocycles. The second-order valence-electron chi connectivity index (χ2n) is 14.0. The first kappa shape index (κ1) is 28.8. The fourth-order valence-corrected chi connectivity index (χ4v) is 10.2. The number of allylic oxidation sites excluding steroid dienone is 2. The molecular weight excluding hydrogens is 476 g/mol. The van der Waals surface area contributed by atoms with Gasteiger partial charge in [-0.1, -0.05) is 59.7 Å². The molecule has 0 heterocycles. The summed E-state index contributed by atoms with van der Waals surface area (Å²) >= 11 is 0. The minimum absolute atomic E-state index is 0.0227. The topological polar surface area (TPSA) is 99.8 Å². The summed E-state index contributed by atoms with van der Waals surface area (Å²) in [6.07, 6.45) is 9.07. The molecule has 0 amide bonds. The average molecular weight is 525 g/mol. The lowest BCUT2D eigenvalue weighted by Crippen LogP contribution is -2.64. The van der Waals surface area contributed by atoms with Crippen LogP contribution >= 0.6 is 0 Å². The molecule has 5 aliphatic rings. The Morgan fingerprint density at radius 2 is 1.74 bits per heavy atom. The highest BCUT2D eigenvalue weighted by Crippen LogP contribution is 2.71. The van der Waals surface area contributed by atoms with Crippen LogP contribution < -0.4 is 0 Å². The van der Waals surface area contributed by atoms with Crippen LogP contribution in [0.2, 0.25) is 0 Å². The Bertz CT molecular complexity index is 1090. The van der Waals surface area contributed by atoms with E-state index in [1.165, 1.54) is 7.11 Å². The molecule has 4 fully saturated rings. The minimum Gasteiger partial charge on any atom is -0.469 e. The van der Waals surface area contributed by atoms with E-state index in [-0.39, 0.29) is 63.2 Å². The number of Topliss-reactive ketones (excluding diaryl/α,β-unsaturated/α-hetero) is 1. The maximum atomic E-state index is 13.3. The van der Waals surface area contributed by atoms with E-state index >= 15 is 0 Å².